The Labute approximate surface area is 83.8 Å². The minimum atomic E-state index is -0.276. The lowest BCUT2D eigenvalue weighted by atomic mass is 9.74. The van der Waals surface area contributed by atoms with Gasteiger partial charge in [-0.25, -0.2) is 4.79 Å². The van der Waals surface area contributed by atoms with Crippen LogP contribution in [0.5, 0.6) is 0 Å². The Balaban J connectivity index is 1.73. The van der Waals surface area contributed by atoms with Gasteiger partial charge >= 0.3 is 6.09 Å². The lowest BCUT2D eigenvalue weighted by Crippen LogP contribution is -2.56. The zero-order valence-corrected chi connectivity index (χ0v) is 8.48. The number of ether oxygens (including phenoxy) is 1. The monoisotopic (exact) mass is 199 g/mol. The van der Waals surface area contributed by atoms with Gasteiger partial charge in [-0.05, 0) is 18.8 Å². The standard InChI is InChI=1S/C10H17NO3/c1-14-10(13)11-5-8(6-11)9(12)7-3-2-4-7/h7-9,12H,2-6H2,1H3. The summed E-state index contributed by atoms with van der Waals surface area (Å²) in [7, 11) is 1.39. The summed E-state index contributed by atoms with van der Waals surface area (Å²) in [5, 5.41) is 9.88. The van der Waals surface area contributed by atoms with E-state index in [9.17, 15) is 9.90 Å². The van der Waals surface area contributed by atoms with Gasteiger partial charge in [0.2, 0.25) is 0 Å². The fourth-order valence-electron chi connectivity index (χ4n) is 2.17. The van der Waals surface area contributed by atoms with Crippen LogP contribution in [0, 0.1) is 11.8 Å². The van der Waals surface area contributed by atoms with Crippen molar-refractivity contribution >= 4 is 6.09 Å². The molecule has 1 aliphatic heterocycles. The van der Waals surface area contributed by atoms with E-state index >= 15 is 0 Å². The van der Waals surface area contributed by atoms with Crippen LogP contribution in [0.25, 0.3) is 0 Å². The van der Waals surface area contributed by atoms with Gasteiger partial charge in [-0.15, -0.1) is 0 Å². The third-order valence-corrected chi connectivity index (χ3v) is 3.46. The first kappa shape index (κ1) is 9.77. The molecule has 1 atom stereocenters. The van der Waals surface area contributed by atoms with Crippen LogP contribution in [0.2, 0.25) is 0 Å². The maximum absolute atomic E-state index is 11.0. The lowest BCUT2D eigenvalue weighted by molar-refractivity contribution is -0.0466. The molecule has 2 rings (SSSR count). The molecule has 4 heteroatoms. The predicted octanol–water partition coefficient (Wildman–Crippen LogP) is 0.846. The van der Waals surface area contributed by atoms with E-state index in [1.165, 1.54) is 13.5 Å². The fourth-order valence-corrected chi connectivity index (χ4v) is 2.17. The molecule has 1 saturated carbocycles. The summed E-state index contributed by atoms with van der Waals surface area (Å²) in [5.74, 6) is 0.763. The zero-order valence-electron chi connectivity index (χ0n) is 8.48. The molecule has 80 valence electrons. The lowest BCUT2D eigenvalue weighted by Gasteiger charge is -2.44. The second-order valence-electron chi connectivity index (χ2n) is 4.32. The van der Waals surface area contributed by atoms with Crippen molar-refractivity contribution in [1.82, 2.24) is 4.90 Å². The van der Waals surface area contributed by atoms with Gasteiger partial charge in [0.15, 0.2) is 0 Å². The molecular formula is C10H17NO3. The molecule has 1 saturated heterocycles. The smallest absolute Gasteiger partial charge is 0.409 e. The van der Waals surface area contributed by atoms with Crippen molar-refractivity contribution in [2.75, 3.05) is 20.2 Å². The summed E-state index contributed by atoms with van der Waals surface area (Å²) >= 11 is 0. The fraction of sp³-hybridized carbons (Fsp3) is 0.900. The molecular weight excluding hydrogens is 182 g/mol. The highest BCUT2D eigenvalue weighted by Crippen LogP contribution is 2.35. The number of carbonyl (C=O) groups is 1. The van der Waals surface area contributed by atoms with Crippen molar-refractivity contribution in [2.45, 2.75) is 25.4 Å². The summed E-state index contributed by atoms with van der Waals surface area (Å²) < 4.78 is 4.59. The van der Waals surface area contributed by atoms with E-state index in [0.29, 0.717) is 19.0 Å². The molecule has 0 bridgehead atoms. The molecule has 0 spiro atoms. The number of aliphatic hydroxyl groups is 1. The molecule has 1 N–H and O–H groups in total. The second-order valence-corrected chi connectivity index (χ2v) is 4.32. The van der Waals surface area contributed by atoms with Crippen molar-refractivity contribution < 1.29 is 14.6 Å². The first-order valence-electron chi connectivity index (χ1n) is 5.23. The van der Waals surface area contributed by atoms with Crippen molar-refractivity contribution in [3.63, 3.8) is 0 Å². The van der Waals surface area contributed by atoms with Gasteiger partial charge in [-0.1, -0.05) is 6.42 Å². The minimum Gasteiger partial charge on any atom is -0.453 e. The van der Waals surface area contributed by atoms with Gasteiger partial charge in [-0.3, -0.25) is 0 Å². The number of hydrogen-bond acceptors (Lipinski definition) is 3. The topological polar surface area (TPSA) is 49.8 Å². The number of likely N-dealkylation sites (tertiary alicyclic amines) is 1. The summed E-state index contributed by atoms with van der Waals surface area (Å²) in [6, 6.07) is 0. The van der Waals surface area contributed by atoms with Gasteiger partial charge in [0.05, 0.1) is 13.2 Å². The Hall–Kier alpha value is -0.770. The first-order valence-corrected chi connectivity index (χ1v) is 5.23. The van der Waals surface area contributed by atoms with E-state index < -0.39 is 0 Å². The van der Waals surface area contributed by atoms with Gasteiger partial charge in [0, 0.05) is 19.0 Å². The third-order valence-electron chi connectivity index (χ3n) is 3.46. The van der Waals surface area contributed by atoms with E-state index in [1.807, 2.05) is 0 Å². The summed E-state index contributed by atoms with van der Waals surface area (Å²) in [5.41, 5.74) is 0. The summed E-state index contributed by atoms with van der Waals surface area (Å²) in [4.78, 5) is 12.7. The molecule has 0 aromatic rings. The van der Waals surface area contributed by atoms with Crippen LogP contribution in [0.15, 0.2) is 0 Å². The highest BCUT2D eigenvalue weighted by atomic mass is 16.5. The number of rotatable bonds is 2. The Morgan fingerprint density at radius 1 is 1.43 bits per heavy atom. The summed E-state index contributed by atoms with van der Waals surface area (Å²) in [6.45, 7) is 1.31. The van der Waals surface area contributed by atoms with Crippen LogP contribution < -0.4 is 0 Å². The molecule has 2 fully saturated rings. The first-order chi connectivity index (χ1) is 6.72. The second kappa shape index (κ2) is 3.77. The van der Waals surface area contributed by atoms with Crippen molar-refractivity contribution in [2.24, 2.45) is 11.8 Å². The van der Waals surface area contributed by atoms with Crippen molar-refractivity contribution in [1.29, 1.82) is 0 Å². The molecule has 2 aliphatic rings. The van der Waals surface area contributed by atoms with Crippen LogP contribution in [0.1, 0.15) is 19.3 Å². The third kappa shape index (κ3) is 1.59. The number of carbonyl (C=O) groups excluding carboxylic acids is 1. The van der Waals surface area contributed by atoms with Crippen LogP contribution in [0.4, 0.5) is 4.79 Å². The Morgan fingerprint density at radius 2 is 2.07 bits per heavy atom. The summed E-state index contributed by atoms with van der Waals surface area (Å²) in [6.07, 6.45) is 3.06. The molecule has 0 aromatic carbocycles. The molecule has 1 aliphatic carbocycles. The van der Waals surface area contributed by atoms with E-state index in [0.717, 1.165) is 12.8 Å². The quantitative estimate of drug-likeness (QED) is 0.717. The average molecular weight is 199 g/mol. The molecule has 14 heavy (non-hydrogen) atoms. The SMILES string of the molecule is COC(=O)N1CC(C(O)C2CCC2)C1. The normalized spacial score (nSPS) is 25.1. The van der Waals surface area contributed by atoms with Gasteiger partial charge in [0.1, 0.15) is 0 Å². The number of methoxy groups -OCH3 is 1. The van der Waals surface area contributed by atoms with E-state index in [4.69, 9.17) is 0 Å². The Bertz CT molecular complexity index is 221. The van der Waals surface area contributed by atoms with Gasteiger partial charge in [-0.2, -0.15) is 0 Å². The van der Waals surface area contributed by atoms with E-state index in [1.54, 1.807) is 4.90 Å². The van der Waals surface area contributed by atoms with Gasteiger partial charge in [0.25, 0.3) is 0 Å². The molecule has 0 aromatic heterocycles. The van der Waals surface area contributed by atoms with Crippen LogP contribution >= 0.6 is 0 Å². The number of amides is 1. The predicted molar refractivity (Wildman–Crippen MR) is 50.8 cm³/mol. The van der Waals surface area contributed by atoms with Crippen molar-refractivity contribution in [3.8, 4) is 0 Å². The van der Waals surface area contributed by atoms with Crippen LogP contribution in [0.3, 0.4) is 0 Å². The zero-order chi connectivity index (χ0) is 10.1. The van der Waals surface area contributed by atoms with E-state index in [-0.39, 0.29) is 18.1 Å². The molecule has 1 heterocycles. The van der Waals surface area contributed by atoms with Crippen LogP contribution in [-0.2, 0) is 4.74 Å². The molecule has 4 nitrogen and oxygen atoms in total. The Kier molecular flexibility index (Phi) is 2.63. The van der Waals surface area contributed by atoms with Gasteiger partial charge < -0.3 is 14.7 Å². The average Bonchev–Trinajstić information content (AvgIpc) is 1.97. The maximum atomic E-state index is 11.0. The minimum absolute atomic E-state index is 0.204. The Morgan fingerprint density at radius 3 is 2.50 bits per heavy atom. The maximum Gasteiger partial charge on any atom is 0.409 e. The molecule has 1 amide bonds. The van der Waals surface area contributed by atoms with Crippen molar-refractivity contribution in [3.05, 3.63) is 0 Å². The molecule has 1 unspecified atom stereocenters. The largest absolute Gasteiger partial charge is 0.453 e. The number of aliphatic hydroxyl groups excluding tert-OH is 1. The van der Waals surface area contributed by atoms with Crippen LogP contribution in [-0.4, -0.2) is 42.4 Å². The number of nitrogens with zero attached hydrogens (tertiary/aromatic N) is 1. The number of hydrogen-bond donors (Lipinski definition) is 1. The highest BCUT2D eigenvalue weighted by Gasteiger charge is 2.40. The van der Waals surface area contributed by atoms with E-state index in [2.05, 4.69) is 4.74 Å². The highest BCUT2D eigenvalue weighted by molar-refractivity contribution is 5.68. The molecule has 0 radical (unpaired) electrons.